The van der Waals surface area contributed by atoms with Crippen molar-refractivity contribution in [3.05, 3.63) is 53.6 Å². The molecule has 1 aliphatic rings. The Morgan fingerprint density at radius 1 is 1.19 bits per heavy atom. The summed E-state index contributed by atoms with van der Waals surface area (Å²) in [5.41, 5.74) is 0.511. The highest BCUT2D eigenvalue weighted by atomic mass is 19.1. The number of halogens is 2. The molecular formula is C20H22F2N2O3. The van der Waals surface area contributed by atoms with E-state index in [1.807, 2.05) is 23.1 Å². The first-order valence-corrected chi connectivity index (χ1v) is 8.73. The molecule has 1 heterocycles. The summed E-state index contributed by atoms with van der Waals surface area (Å²) in [4.78, 5) is 14.4. The van der Waals surface area contributed by atoms with Gasteiger partial charge < -0.3 is 14.8 Å². The topological polar surface area (TPSA) is 50.8 Å². The third-order valence-corrected chi connectivity index (χ3v) is 4.73. The Kier molecular flexibility index (Phi) is 5.91. The first kappa shape index (κ1) is 19.1. The van der Waals surface area contributed by atoms with Crippen LogP contribution >= 0.6 is 0 Å². The summed E-state index contributed by atoms with van der Waals surface area (Å²) in [5.74, 6) is -0.636. The lowest BCUT2D eigenvalue weighted by Crippen LogP contribution is -2.33. The van der Waals surface area contributed by atoms with Crippen molar-refractivity contribution in [3.63, 3.8) is 0 Å². The summed E-state index contributed by atoms with van der Waals surface area (Å²) >= 11 is 0. The monoisotopic (exact) mass is 376 g/mol. The first-order valence-electron chi connectivity index (χ1n) is 8.73. The van der Waals surface area contributed by atoms with Crippen LogP contribution in [0.4, 0.5) is 14.5 Å². The average molecular weight is 376 g/mol. The Bertz CT molecular complexity index is 809. The van der Waals surface area contributed by atoms with Crippen molar-refractivity contribution in [1.29, 1.82) is 0 Å². The molecule has 0 unspecified atom stereocenters. The summed E-state index contributed by atoms with van der Waals surface area (Å²) in [5, 5.41) is 2.34. The number of amides is 1. The van der Waals surface area contributed by atoms with Crippen LogP contribution in [0.25, 0.3) is 0 Å². The Labute approximate surface area is 156 Å². The molecule has 0 aromatic heterocycles. The zero-order chi connectivity index (χ0) is 19.4. The van der Waals surface area contributed by atoms with Gasteiger partial charge in [0.15, 0.2) is 0 Å². The van der Waals surface area contributed by atoms with Crippen molar-refractivity contribution in [2.75, 3.05) is 32.6 Å². The summed E-state index contributed by atoms with van der Waals surface area (Å²) < 4.78 is 38.3. The molecule has 1 fully saturated rings. The van der Waals surface area contributed by atoms with Crippen molar-refractivity contribution in [3.8, 4) is 11.5 Å². The highest BCUT2D eigenvalue weighted by molar-refractivity contribution is 5.92. The minimum atomic E-state index is -0.796. The van der Waals surface area contributed by atoms with Gasteiger partial charge in [-0.3, -0.25) is 9.69 Å². The van der Waals surface area contributed by atoms with Crippen LogP contribution in [-0.2, 0) is 4.79 Å². The lowest BCUT2D eigenvalue weighted by Gasteiger charge is -2.26. The van der Waals surface area contributed by atoms with Gasteiger partial charge >= 0.3 is 0 Å². The molecule has 2 aromatic rings. The number of hydrogen-bond donors (Lipinski definition) is 1. The number of benzene rings is 2. The van der Waals surface area contributed by atoms with Crippen molar-refractivity contribution < 1.29 is 23.0 Å². The van der Waals surface area contributed by atoms with Crippen molar-refractivity contribution in [1.82, 2.24) is 4.90 Å². The molecule has 3 rings (SSSR count). The van der Waals surface area contributed by atoms with Crippen LogP contribution in [-0.4, -0.2) is 38.1 Å². The normalized spacial score (nSPS) is 17.0. The maximum atomic E-state index is 13.7. The van der Waals surface area contributed by atoms with Crippen molar-refractivity contribution in [2.45, 2.75) is 18.9 Å². The van der Waals surface area contributed by atoms with Crippen LogP contribution in [0.15, 0.2) is 36.4 Å². The number of nitrogens with zero attached hydrogens (tertiary/aromatic N) is 1. The molecule has 0 aliphatic carbocycles. The number of nitrogens with one attached hydrogen (secondary N) is 1. The van der Waals surface area contributed by atoms with E-state index in [1.54, 1.807) is 14.2 Å². The molecule has 7 heteroatoms. The third kappa shape index (κ3) is 4.19. The second kappa shape index (κ2) is 8.35. The van der Waals surface area contributed by atoms with E-state index in [9.17, 15) is 13.6 Å². The smallest absolute Gasteiger partial charge is 0.238 e. The van der Waals surface area contributed by atoms with Gasteiger partial charge in [0.25, 0.3) is 0 Å². The van der Waals surface area contributed by atoms with Crippen LogP contribution in [0.1, 0.15) is 24.4 Å². The van der Waals surface area contributed by atoms with Crippen molar-refractivity contribution >= 4 is 11.6 Å². The number of ether oxygens (including phenoxy) is 2. The predicted octanol–water partition coefficient (Wildman–Crippen LogP) is 3.76. The fraction of sp³-hybridized carbons (Fsp3) is 0.350. The lowest BCUT2D eigenvalue weighted by atomic mass is 10.0. The Morgan fingerprint density at radius 3 is 2.59 bits per heavy atom. The summed E-state index contributed by atoms with van der Waals surface area (Å²) in [6, 6.07) is 8.99. The van der Waals surface area contributed by atoms with E-state index in [0.29, 0.717) is 18.0 Å². The van der Waals surface area contributed by atoms with Crippen LogP contribution < -0.4 is 14.8 Å². The number of methoxy groups -OCH3 is 2. The maximum absolute atomic E-state index is 13.7. The molecule has 0 radical (unpaired) electrons. The standard InChI is InChI=1S/C20H22F2N2O3/c1-26-13-8-9-18(27-2)14(11-13)17-7-4-10-24(17)12-19(25)23-20-15(21)5-3-6-16(20)22/h3,5-6,8-9,11,17H,4,7,10,12H2,1-2H3,(H,23,25)/t17-/m1/s1. The number of para-hydroxylation sites is 1. The largest absolute Gasteiger partial charge is 0.497 e. The van der Waals surface area contributed by atoms with E-state index < -0.39 is 23.2 Å². The number of carbonyl (C=O) groups is 1. The third-order valence-electron chi connectivity index (χ3n) is 4.73. The highest BCUT2D eigenvalue weighted by Crippen LogP contribution is 2.38. The first-order chi connectivity index (χ1) is 13.0. The van der Waals surface area contributed by atoms with E-state index >= 15 is 0 Å². The van der Waals surface area contributed by atoms with E-state index in [-0.39, 0.29) is 12.6 Å². The van der Waals surface area contributed by atoms with Crippen LogP contribution in [0, 0.1) is 11.6 Å². The Morgan fingerprint density at radius 2 is 1.93 bits per heavy atom. The second-order valence-corrected chi connectivity index (χ2v) is 6.38. The number of anilines is 1. The molecular weight excluding hydrogens is 354 g/mol. The van der Waals surface area contributed by atoms with Gasteiger partial charge in [0.1, 0.15) is 28.8 Å². The lowest BCUT2D eigenvalue weighted by molar-refractivity contribution is -0.117. The fourth-order valence-electron chi connectivity index (χ4n) is 3.45. The van der Waals surface area contributed by atoms with Gasteiger partial charge in [0.2, 0.25) is 5.91 Å². The molecule has 0 spiro atoms. The van der Waals surface area contributed by atoms with Gasteiger partial charge in [-0.15, -0.1) is 0 Å². The second-order valence-electron chi connectivity index (χ2n) is 6.38. The van der Waals surface area contributed by atoms with Gasteiger partial charge in [0.05, 0.1) is 20.8 Å². The van der Waals surface area contributed by atoms with Gasteiger partial charge in [0, 0.05) is 11.6 Å². The van der Waals surface area contributed by atoms with E-state index in [1.165, 1.54) is 6.07 Å². The maximum Gasteiger partial charge on any atom is 0.238 e. The zero-order valence-electron chi connectivity index (χ0n) is 15.3. The van der Waals surface area contributed by atoms with E-state index in [4.69, 9.17) is 9.47 Å². The molecule has 2 aromatic carbocycles. The van der Waals surface area contributed by atoms with E-state index in [0.717, 1.165) is 30.5 Å². The van der Waals surface area contributed by atoms with Gasteiger partial charge in [-0.05, 0) is 49.7 Å². The highest BCUT2D eigenvalue weighted by Gasteiger charge is 2.30. The number of rotatable bonds is 6. The molecule has 27 heavy (non-hydrogen) atoms. The minimum Gasteiger partial charge on any atom is -0.497 e. The Hall–Kier alpha value is -2.67. The number of carbonyl (C=O) groups excluding carboxylic acids is 1. The predicted molar refractivity (Wildman–Crippen MR) is 98.1 cm³/mol. The molecule has 0 bridgehead atoms. The van der Waals surface area contributed by atoms with Gasteiger partial charge in [-0.25, -0.2) is 8.78 Å². The zero-order valence-corrected chi connectivity index (χ0v) is 15.3. The molecule has 1 atom stereocenters. The summed E-state index contributed by atoms with van der Waals surface area (Å²) in [6.45, 7) is 0.733. The minimum absolute atomic E-state index is 0.0266. The van der Waals surface area contributed by atoms with Gasteiger partial charge in [-0.2, -0.15) is 0 Å². The van der Waals surface area contributed by atoms with Crippen LogP contribution in [0.2, 0.25) is 0 Å². The molecule has 0 saturated carbocycles. The SMILES string of the molecule is COc1ccc(OC)c([C@H]2CCCN2CC(=O)Nc2c(F)cccc2F)c1. The van der Waals surface area contributed by atoms with Crippen LogP contribution in [0.3, 0.4) is 0 Å². The van der Waals surface area contributed by atoms with Crippen molar-refractivity contribution in [2.24, 2.45) is 0 Å². The molecule has 1 N–H and O–H groups in total. The van der Waals surface area contributed by atoms with Crippen LogP contribution in [0.5, 0.6) is 11.5 Å². The number of hydrogen-bond acceptors (Lipinski definition) is 4. The summed E-state index contributed by atoms with van der Waals surface area (Å²) in [6.07, 6.45) is 1.76. The Balaban J connectivity index is 1.76. The van der Waals surface area contributed by atoms with E-state index in [2.05, 4.69) is 5.32 Å². The fourth-order valence-corrected chi connectivity index (χ4v) is 3.45. The summed E-state index contributed by atoms with van der Waals surface area (Å²) in [7, 11) is 3.19. The molecule has 5 nitrogen and oxygen atoms in total. The molecule has 1 saturated heterocycles. The molecule has 1 aliphatic heterocycles. The molecule has 144 valence electrons. The van der Waals surface area contributed by atoms with Gasteiger partial charge in [-0.1, -0.05) is 6.07 Å². The molecule has 1 amide bonds. The average Bonchev–Trinajstić information content (AvgIpc) is 3.12. The number of likely N-dealkylation sites (tertiary alicyclic amines) is 1. The quantitative estimate of drug-likeness (QED) is 0.834.